The maximum Gasteiger partial charge on any atom is 0.203 e. The van der Waals surface area contributed by atoms with Crippen molar-refractivity contribution in [2.45, 2.75) is 28.1 Å². The summed E-state index contributed by atoms with van der Waals surface area (Å²) in [4.78, 5) is 2.72. The summed E-state index contributed by atoms with van der Waals surface area (Å²) in [7, 11) is 0.0292. The van der Waals surface area contributed by atoms with Gasteiger partial charge in [0.15, 0.2) is 22.0 Å². The van der Waals surface area contributed by atoms with Gasteiger partial charge < -0.3 is 4.74 Å². The summed E-state index contributed by atoms with van der Waals surface area (Å²) < 4.78 is 6.18. The van der Waals surface area contributed by atoms with E-state index in [4.69, 9.17) is 4.74 Å². The van der Waals surface area contributed by atoms with Crippen LogP contribution in [0.2, 0.25) is 0 Å². The summed E-state index contributed by atoms with van der Waals surface area (Å²) >= 11 is 0. The molecular weight excluding hydrogens is 276 g/mol. The molecule has 0 radical (unpaired) electrons. The van der Waals surface area contributed by atoms with E-state index in [1.807, 2.05) is 0 Å². The average molecular weight is 293 g/mol. The molecule has 0 fully saturated rings. The third kappa shape index (κ3) is 2.20. The lowest BCUT2D eigenvalue weighted by molar-refractivity contribution is 0.242. The quantitative estimate of drug-likeness (QED) is 0.713. The van der Waals surface area contributed by atoms with Crippen LogP contribution in [0.4, 0.5) is 0 Å². The van der Waals surface area contributed by atoms with Crippen LogP contribution in [-0.2, 0) is 10.9 Å². The van der Waals surface area contributed by atoms with E-state index in [1.165, 1.54) is 15.4 Å². The zero-order chi connectivity index (χ0) is 14.2. The first-order chi connectivity index (χ1) is 10.3. The number of fused-ring (bicyclic) bond motifs is 2. The Balaban J connectivity index is 1.87. The van der Waals surface area contributed by atoms with Gasteiger partial charge in [0.05, 0.1) is 10.9 Å². The highest BCUT2D eigenvalue weighted by Crippen LogP contribution is 2.41. The van der Waals surface area contributed by atoms with Crippen LogP contribution >= 0.6 is 0 Å². The van der Waals surface area contributed by atoms with Crippen molar-refractivity contribution in [2.75, 3.05) is 0 Å². The van der Waals surface area contributed by atoms with Crippen molar-refractivity contribution in [3.63, 3.8) is 0 Å². The van der Waals surface area contributed by atoms with Gasteiger partial charge in [-0.1, -0.05) is 42.0 Å². The lowest BCUT2D eigenvalue weighted by Crippen LogP contribution is -2.40. The van der Waals surface area contributed by atoms with Gasteiger partial charge in [0, 0.05) is 0 Å². The Morgan fingerprint density at radius 3 is 2.52 bits per heavy atom. The minimum Gasteiger partial charge on any atom is -0.475 e. The first-order valence-corrected chi connectivity index (χ1v) is 8.52. The largest absolute Gasteiger partial charge is 0.475 e. The SMILES string of the molecule is Cc1ccc([S+]2c3ccccc3OC3C=CC=CC32)cc1. The molecule has 2 heteroatoms. The van der Waals surface area contributed by atoms with Gasteiger partial charge in [-0.25, -0.2) is 0 Å². The summed E-state index contributed by atoms with van der Waals surface area (Å²) in [6.07, 6.45) is 8.85. The maximum atomic E-state index is 6.18. The van der Waals surface area contributed by atoms with Crippen molar-refractivity contribution in [3.05, 3.63) is 78.4 Å². The number of hydrogen-bond donors (Lipinski definition) is 0. The van der Waals surface area contributed by atoms with E-state index < -0.39 is 0 Å². The van der Waals surface area contributed by atoms with E-state index in [2.05, 4.69) is 79.8 Å². The first-order valence-electron chi connectivity index (χ1n) is 7.23. The molecule has 0 saturated carbocycles. The predicted molar refractivity (Wildman–Crippen MR) is 88.0 cm³/mol. The van der Waals surface area contributed by atoms with Crippen LogP contribution in [0.1, 0.15) is 5.56 Å². The van der Waals surface area contributed by atoms with Gasteiger partial charge in [-0.3, -0.25) is 0 Å². The second-order valence-corrected chi connectivity index (χ2v) is 7.55. The average Bonchev–Trinajstić information content (AvgIpc) is 2.53. The van der Waals surface area contributed by atoms with E-state index in [0.717, 1.165) is 5.75 Å². The molecular formula is C19H17OS+. The number of rotatable bonds is 1. The molecule has 0 spiro atoms. The minimum atomic E-state index is 0.0292. The monoisotopic (exact) mass is 293 g/mol. The molecule has 1 heterocycles. The standard InChI is InChI=1S/C19H17OS/c1-14-10-12-15(13-11-14)21-18-8-4-2-6-16(18)20-17-7-3-5-9-19(17)21/h2-13,16,18H,1H3/q+1. The van der Waals surface area contributed by atoms with Gasteiger partial charge in [-0.15, -0.1) is 0 Å². The number of benzene rings is 2. The summed E-state index contributed by atoms with van der Waals surface area (Å²) in [5, 5.41) is 0.396. The van der Waals surface area contributed by atoms with Crippen molar-refractivity contribution in [2.24, 2.45) is 0 Å². The van der Waals surface area contributed by atoms with Gasteiger partial charge >= 0.3 is 0 Å². The topological polar surface area (TPSA) is 9.23 Å². The van der Waals surface area contributed by atoms with E-state index in [9.17, 15) is 0 Å². The zero-order valence-electron chi connectivity index (χ0n) is 11.9. The molecule has 1 nitrogen and oxygen atoms in total. The lowest BCUT2D eigenvalue weighted by Gasteiger charge is -2.30. The third-order valence-corrected chi connectivity index (χ3v) is 6.49. The first kappa shape index (κ1) is 12.8. The highest BCUT2D eigenvalue weighted by Gasteiger charge is 2.46. The van der Waals surface area contributed by atoms with Crippen LogP contribution in [0, 0.1) is 6.92 Å². The normalized spacial score (nSPS) is 25.9. The maximum absolute atomic E-state index is 6.18. The van der Waals surface area contributed by atoms with Crippen molar-refractivity contribution >= 4 is 10.9 Å². The van der Waals surface area contributed by atoms with Gasteiger partial charge in [-0.05, 0) is 43.3 Å². The number of para-hydroxylation sites is 1. The molecule has 2 aromatic rings. The van der Waals surface area contributed by atoms with Crippen LogP contribution < -0.4 is 4.74 Å². The Labute approximate surface area is 128 Å². The second-order valence-electron chi connectivity index (χ2n) is 5.41. The Morgan fingerprint density at radius 1 is 0.905 bits per heavy atom. The van der Waals surface area contributed by atoms with Crippen molar-refractivity contribution < 1.29 is 4.74 Å². The van der Waals surface area contributed by atoms with Crippen LogP contribution in [0.15, 0.2) is 82.6 Å². The van der Waals surface area contributed by atoms with Crippen LogP contribution in [0.3, 0.4) is 0 Å². The molecule has 0 N–H and O–H groups in total. The molecule has 3 atom stereocenters. The fourth-order valence-electron chi connectivity index (χ4n) is 2.88. The second kappa shape index (κ2) is 5.12. The number of aryl methyl sites for hydroxylation is 1. The van der Waals surface area contributed by atoms with E-state index in [0.29, 0.717) is 5.25 Å². The smallest absolute Gasteiger partial charge is 0.203 e. The van der Waals surface area contributed by atoms with Gasteiger partial charge in [-0.2, -0.15) is 0 Å². The van der Waals surface area contributed by atoms with E-state index in [-0.39, 0.29) is 17.0 Å². The highest BCUT2D eigenvalue weighted by atomic mass is 32.2. The lowest BCUT2D eigenvalue weighted by atomic mass is 10.1. The molecule has 4 rings (SSSR count). The van der Waals surface area contributed by atoms with Crippen molar-refractivity contribution in [1.29, 1.82) is 0 Å². The van der Waals surface area contributed by atoms with Crippen LogP contribution in [0.25, 0.3) is 0 Å². The molecule has 104 valence electrons. The molecule has 3 unspecified atom stereocenters. The number of ether oxygens (including phenoxy) is 1. The predicted octanol–water partition coefficient (Wildman–Crippen LogP) is 4.29. The van der Waals surface area contributed by atoms with Crippen LogP contribution in [-0.4, -0.2) is 11.4 Å². The van der Waals surface area contributed by atoms with E-state index in [1.54, 1.807) is 0 Å². The molecule has 0 amide bonds. The van der Waals surface area contributed by atoms with Gasteiger partial charge in [0.2, 0.25) is 4.90 Å². The molecule has 0 saturated heterocycles. The summed E-state index contributed by atoms with van der Waals surface area (Å²) in [6.45, 7) is 2.14. The Bertz CT molecular complexity index is 715. The fourth-order valence-corrected chi connectivity index (χ4v) is 5.39. The summed E-state index contributed by atoms with van der Waals surface area (Å²) in [6, 6.07) is 17.4. The molecule has 0 aromatic heterocycles. The molecule has 2 aliphatic rings. The van der Waals surface area contributed by atoms with Crippen molar-refractivity contribution in [3.8, 4) is 5.75 Å². The Morgan fingerprint density at radius 2 is 1.67 bits per heavy atom. The molecule has 21 heavy (non-hydrogen) atoms. The Kier molecular flexibility index (Phi) is 3.12. The van der Waals surface area contributed by atoms with Gasteiger partial charge in [0.25, 0.3) is 0 Å². The molecule has 0 bridgehead atoms. The minimum absolute atomic E-state index is 0.0292. The van der Waals surface area contributed by atoms with E-state index >= 15 is 0 Å². The third-order valence-electron chi connectivity index (χ3n) is 3.93. The van der Waals surface area contributed by atoms with Crippen LogP contribution in [0.5, 0.6) is 5.75 Å². The Hall–Kier alpha value is -1.93. The fraction of sp³-hybridized carbons (Fsp3) is 0.158. The summed E-state index contributed by atoms with van der Waals surface area (Å²) in [5.41, 5.74) is 1.31. The highest BCUT2D eigenvalue weighted by molar-refractivity contribution is 7.98. The molecule has 1 aliphatic carbocycles. The van der Waals surface area contributed by atoms with Gasteiger partial charge in [0.1, 0.15) is 0 Å². The molecule has 1 aliphatic heterocycles. The van der Waals surface area contributed by atoms with Crippen molar-refractivity contribution in [1.82, 2.24) is 0 Å². The number of allylic oxidation sites excluding steroid dienone is 2. The summed E-state index contributed by atoms with van der Waals surface area (Å²) in [5.74, 6) is 1.03. The zero-order valence-corrected chi connectivity index (χ0v) is 12.7. The number of hydrogen-bond acceptors (Lipinski definition) is 1. The molecule has 2 aromatic carbocycles.